The summed E-state index contributed by atoms with van der Waals surface area (Å²) < 4.78 is 2.01. The second-order valence-corrected chi connectivity index (χ2v) is 6.15. The van der Waals surface area contributed by atoms with E-state index >= 15 is 0 Å². The van der Waals surface area contributed by atoms with Crippen molar-refractivity contribution in [1.82, 2.24) is 15.1 Å². The van der Waals surface area contributed by atoms with Gasteiger partial charge < -0.3 is 10.2 Å². The Kier molecular flexibility index (Phi) is 5.99. The molecule has 1 fully saturated rings. The van der Waals surface area contributed by atoms with Gasteiger partial charge in [-0.15, -0.1) is 6.58 Å². The number of rotatable bonds is 6. The van der Waals surface area contributed by atoms with Gasteiger partial charge in [0.2, 0.25) is 0 Å². The second-order valence-electron chi connectivity index (χ2n) is 5.36. The molecule has 21 heavy (non-hydrogen) atoms. The van der Waals surface area contributed by atoms with Gasteiger partial charge in [0.25, 0.3) is 5.56 Å². The Morgan fingerprint density at radius 1 is 1.62 bits per heavy atom. The molecule has 0 aromatic carbocycles. The normalized spacial score (nSPS) is 18.8. The third-order valence-electron chi connectivity index (χ3n) is 3.71. The Balaban J connectivity index is 2.15. The molecule has 2 heterocycles. The van der Waals surface area contributed by atoms with Crippen molar-refractivity contribution in [2.75, 3.05) is 24.5 Å². The Labute approximate surface area is 134 Å². The maximum Gasteiger partial charge on any atom is 0.283 e. The highest BCUT2D eigenvalue weighted by molar-refractivity contribution is 9.10. The lowest BCUT2D eigenvalue weighted by Gasteiger charge is -2.35. The van der Waals surface area contributed by atoms with Crippen LogP contribution in [0.15, 0.2) is 28.1 Å². The van der Waals surface area contributed by atoms with E-state index in [2.05, 4.69) is 44.7 Å². The molecule has 116 valence electrons. The molecule has 2 rings (SSSR count). The molecule has 0 radical (unpaired) electrons. The molecule has 1 aliphatic heterocycles. The van der Waals surface area contributed by atoms with Crippen LogP contribution in [-0.2, 0) is 6.54 Å². The van der Waals surface area contributed by atoms with E-state index < -0.39 is 0 Å². The fraction of sp³-hybridized carbons (Fsp3) is 0.600. The van der Waals surface area contributed by atoms with Crippen molar-refractivity contribution in [2.45, 2.75) is 38.8 Å². The maximum atomic E-state index is 12.2. The Hall–Kier alpha value is -1.14. The molecule has 0 bridgehead atoms. The first-order chi connectivity index (χ1) is 10.2. The predicted molar refractivity (Wildman–Crippen MR) is 89.9 cm³/mol. The van der Waals surface area contributed by atoms with E-state index in [1.165, 1.54) is 11.1 Å². The van der Waals surface area contributed by atoms with Gasteiger partial charge in [0, 0.05) is 19.1 Å². The number of aromatic nitrogens is 2. The van der Waals surface area contributed by atoms with Crippen molar-refractivity contribution < 1.29 is 0 Å². The highest BCUT2D eigenvalue weighted by atomic mass is 79.9. The average molecular weight is 355 g/mol. The molecule has 5 nitrogen and oxygen atoms in total. The van der Waals surface area contributed by atoms with E-state index in [0.717, 1.165) is 38.2 Å². The average Bonchev–Trinajstić information content (AvgIpc) is 2.50. The molecule has 1 aromatic rings. The molecule has 1 N–H and O–H groups in total. The Morgan fingerprint density at radius 3 is 3.14 bits per heavy atom. The largest absolute Gasteiger partial charge is 0.368 e. The van der Waals surface area contributed by atoms with Crippen molar-refractivity contribution in [2.24, 2.45) is 0 Å². The number of nitrogens with zero attached hydrogens (tertiary/aromatic N) is 3. The molecule has 1 aliphatic rings. The highest BCUT2D eigenvalue weighted by Crippen LogP contribution is 2.25. The summed E-state index contributed by atoms with van der Waals surface area (Å²) in [6, 6.07) is 0.487. The summed E-state index contributed by atoms with van der Waals surface area (Å²) in [5.41, 5.74) is 0.791. The SMILES string of the molecule is C=CCn1ncc(N2CCCC(NCCC)C2)c(Br)c1=O. The fourth-order valence-corrected chi connectivity index (χ4v) is 3.20. The predicted octanol–water partition coefficient (Wildman–Crippen LogP) is 2.16. The van der Waals surface area contributed by atoms with Gasteiger partial charge in [-0.25, -0.2) is 4.68 Å². The number of hydrogen-bond donors (Lipinski definition) is 1. The van der Waals surface area contributed by atoms with E-state index in [9.17, 15) is 4.79 Å². The zero-order valence-electron chi connectivity index (χ0n) is 12.5. The Morgan fingerprint density at radius 2 is 2.43 bits per heavy atom. The van der Waals surface area contributed by atoms with E-state index in [1.54, 1.807) is 12.3 Å². The standard InChI is InChI=1S/C15H23BrN4O/c1-3-7-17-12-6-5-9-19(11-12)13-10-18-20(8-4-2)15(21)14(13)16/h4,10,12,17H,2-3,5-9,11H2,1H3. The molecule has 1 aromatic heterocycles. The number of halogens is 1. The third kappa shape index (κ3) is 3.95. The topological polar surface area (TPSA) is 50.2 Å². The molecule has 0 amide bonds. The van der Waals surface area contributed by atoms with E-state index in [1.807, 2.05) is 0 Å². The lowest BCUT2D eigenvalue weighted by atomic mass is 10.1. The van der Waals surface area contributed by atoms with Crippen LogP contribution in [0.1, 0.15) is 26.2 Å². The summed E-state index contributed by atoms with van der Waals surface area (Å²) in [4.78, 5) is 14.5. The van der Waals surface area contributed by atoms with Crippen molar-refractivity contribution in [3.63, 3.8) is 0 Å². The molecule has 1 saturated heterocycles. The maximum absolute atomic E-state index is 12.2. The van der Waals surface area contributed by atoms with Gasteiger partial charge in [0.1, 0.15) is 4.47 Å². The minimum absolute atomic E-state index is 0.101. The lowest BCUT2D eigenvalue weighted by Crippen LogP contribution is -2.46. The quantitative estimate of drug-likeness (QED) is 0.795. The molecule has 6 heteroatoms. The van der Waals surface area contributed by atoms with Gasteiger partial charge in [0.05, 0.1) is 18.4 Å². The summed E-state index contributed by atoms with van der Waals surface area (Å²) in [6.45, 7) is 9.18. The van der Waals surface area contributed by atoms with Crippen LogP contribution >= 0.6 is 15.9 Å². The molecule has 1 atom stereocenters. The van der Waals surface area contributed by atoms with E-state index in [4.69, 9.17) is 0 Å². The zero-order chi connectivity index (χ0) is 15.2. The van der Waals surface area contributed by atoms with Crippen molar-refractivity contribution in [3.8, 4) is 0 Å². The van der Waals surface area contributed by atoms with Crippen LogP contribution in [0.5, 0.6) is 0 Å². The molecule has 0 saturated carbocycles. The lowest BCUT2D eigenvalue weighted by molar-refractivity contribution is 0.422. The molecule has 0 spiro atoms. The monoisotopic (exact) mass is 354 g/mol. The van der Waals surface area contributed by atoms with E-state index in [-0.39, 0.29) is 5.56 Å². The van der Waals surface area contributed by atoms with Gasteiger partial charge in [-0.2, -0.15) is 5.10 Å². The number of hydrogen-bond acceptors (Lipinski definition) is 4. The smallest absolute Gasteiger partial charge is 0.283 e. The first-order valence-electron chi connectivity index (χ1n) is 7.52. The van der Waals surface area contributed by atoms with Gasteiger partial charge in [-0.3, -0.25) is 4.79 Å². The van der Waals surface area contributed by atoms with Crippen molar-refractivity contribution in [3.05, 3.63) is 33.7 Å². The first kappa shape index (κ1) is 16.2. The fourth-order valence-electron chi connectivity index (χ4n) is 2.64. The van der Waals surface area contributed by atoms with Crippen LogP contribution in [0.4, 0.5) is 5.69 Å². The summed E-state index contributed by atoms with van der Waals surface area (Å²) >= 11 is 3.44. The summed E-state index contributed by atoms with van der Waals surface area (Å²) in [7, 11) is 0. The van der Waals surface area contributed by atoms with Crippen LogP contribution in [0, 0.1) is 0 Å². The van der Waals surface area contributed by atoms with Crippen LogP contribution in [0.2, 0.25) is 0 Å². The van der Waals surface area contributed by atoms with Gasteiger partial charge in [-0.1, -0.05) is 13.0 Å². The highest BCUT2D eigenvalue weighted by Gasteiger charge is 2.22. The molecule has 0 aliphatic carbocycles. The number of anilines is 1. The third-order valence-corrected chi connectivity index (χ3v) is 4.46. The summed E-state index contributed by atoms with van der Waals surface area (Å²) in [5, 5.41) is 7.79. The van der Waals surface area contributed by atoms with Crippen LogP contribution in [0.3, 0.4) is 0 Å². The van der Waals surface area contributed by atoms with Gasteiger partial charge in [0.15, 0.2) is 0 Å². The minimum Gasteiger partial charge on any atom is -0.368 e. The van der Waals surface area contributed by atoms with Crippen LogP contribution < -0.4 is 15.8 Å². The van der Waals surface area contributed by atoms with E-state index in [0.29, 0.717) is 17.1 Å². The summed E-state index contributed by atoms with van der Waals surface area (Å²) in [6.07, 6.45) is 6.90. The van der Waals surface area contributed by atoms with Gasteiger partial charge >= 0.3 is 0 Å². The van der Waals surface area contributed by atoms with Crippen LogP contribution in [-0.4, -0.2) is 35.5 Å². The summed E-state index contributed by atoms with van der Waals surface area (Å²) in [5.74, 6) is 0. The number of piperidine rings is 1. The minimum atomic E-state index is -0.101. The second kappa shape index (κ2) is 7.75. The first-order valence-corrected chi connectivity index (χ1v) is 8.31. The molecular weight excluding hydrogens is 332 g/mol. The molecular formula is C15H23BrN4O. The van der Waals surface area contributed by atoms with Crippen LogP contribution in [0.25, 0.3) is 0 Å². The van der Waals surface area contributed by atoms with Crippen molar-refractivity contribution >= 4 is 21.6 Å². The van der Waals surface area contributed by atoms with Crippen molar-refractivity contribution in [1.29, 1.82) is 0 Å². The Bertz CT molecular complexity index is 543. The number of allylic oxidation sites excluding steroid dienone is 1. The zero-order valence-corrected chi connectivity index (χ0v) is 14.1. The van der Waals surface area contributed by atoms with Gasteiger partial charge in [-0.05, 0) is 41.7 Å². The number of nitrogens with one attached hydrogen (secondary N) is 1. The molecule has 1 unspecified atom stereocenters.